The molecule has 0 aromatic rings. The average Bonchev–Trinajstić information content (AvgIpc) is 1.94. The molecule has 0 aromatic carbocycles. The zero-order valence-electron chi connectivity index (χ0n) is 6.07. The third-order valence-corrected chi connectivity index (χ3v) is 0.974. The Bertz CT molecular complexity index is 46.2. The molecule has 0 radical (unpaired) electrons. The molecule has 0 unspecified atom stereocenters. The summed E-state index contributed by atoms with van der Waals surface area (Å²) < 4.78 is 0. The van der Waals surface area contributed by atoms with Crippen molar-refractivity contribution in [2.45, 2.75) is 32.6 Å². The molecule has 0 aliphatic heterocycles. The van der Waals surface area contributed by atoms with Gasteiger partial charge in [0.15, 0.2) is 0 Å². The van der Waals surface area contributed by atoms with Crippen LogP contribution in [-0.4, -0.2) is 0 Å². The van der Waals surface area contributed by atoms with Crippen LogP contribution < -0.4 is 0 Å². The topological polar surface area (TPSA) is 0 Å². The number of hydrogen-bond donors (Lipinski definition) is 0. The molecule has 0 N–H and O–H groups in total. The van der Waals surface area contributed by atoms with Crippen LogP contribution in [0.1, 0.15) is 32.6 Å². The minimum absolute atomic E-state index is 0.847. The standard InChI is InChI=1S/C7H13.ClH.Zn/c1-3-5-7-6-4-2;;/h1,3H,4-7H2,2H3;1H;/q-1;;+2/p-1. The fourth-order valence-electron chi connectivity index (χ4n) is 0.512. The van der Waals surface area contributed by atoms with Crippen molar-refractivity contribution < 1.29 is 17.3 Å². The second kappa shape index (κ2) is 15.9. The summed E-state index contributed by atoms with van der Waals surface area (Å²) in [6, 6.07) is 0. The fraction of sp³-hybridized carbons (Fsp3) is 0.714. The van der Waals surface area contributed by atoms with Crippen molar-refractivity contribution in [3.63, 3.8) is 0 Å². The Balaban J connectivity index is 0. The molecule has 50 valence electrons. The minimum atomic E-state index is 0.847. The second-order valence-electron chi connectivity index (χ2n) is 1.73. The molecule has 0 saturated heterocycles. The Hall–Kier alpha value is 0.653. The summed E-state index contributed by atoms with van der Waals surface area (Å²) in [5.74, 6) is 0. The van der Waals surface area contributed by atoms with E-state index in [1.165, 1.54) is 19.3 Å². The van der Waals surface area contributed by atoms with E-state index in [-0.39, 0.29) is 0 Å². The zero-order valence-corrected chi connectivity index (χ0v) is 9.79. The van der Waals surface area contributed by atoms with Crippen molar-refractivity contribution in [3.05, 3.63) is 12.7 Å². The first-order chi connectivity index (χ1) is 4.41. The van der Waals surface area contributed by atoms with Gasteiger partial charge in [0.1, 0.15) is 0 Å². The molecular formula is C7H13ClZn. The fourth-order valence-corrected chi connectivity index (χ4v) is 0.512. The van der Waals surface area contributed by atoms with E-state index in [0.29, 0.717) is 0 Å². The van der Waals surface area contributed by atoms with Crippen LogP contribution >= 0.6 is 9.69 Å². The quantitative estimate of drug-likeness (QED) is 0.369. The number of unbranched alkanes of at least 4 members (excludes halogenated alkanes) is 3. The summed E-state index contributed by atoms with van der Waals surface area (Å²) >= 11 is 0.847. The van der Waals surface area contributed by atoms with Crippen LogP contribution in [0.3, 0.4) is 0 Å². The van der Waals surface area contributed by atoms with E-state index in [0.717, 1.165) is 23.7 Å². The summed E-state index contributed by atoms with van der Waals surface area (Å²) in [5, 5.41) is 0. The molecule has 0 bridgehead atoms. The molecule has 0 spiro atoms. The van der Waals surface area contributed by atoms with E-state index in [2.05, 4.69) is 6.92 Å². The second-order valence-corrected chi connectivity index (χ2v) is 1.73. The Morgan fingerprint density at radius 3 is 2.33 bits per heavy atom. The third-order valence-electron chi connectivity index (χ3n) is 0.974. The van der Waals surface area contributed by atoms with Crippen molar-refractivity contribution in [1.82, 2.24) is 0 Å². The molecule has 0 saturated carbocycles. The van der Waals surface area contributed by atoms with E-state index < -0.39 is 0 Å². The third kappa shape index (κ3) is 17.7. The maximum absolute atomic E-state index is 5.14. The molecule has 0 atom stereocenters. The Morgan fingerprint density at radius 1 is 1.44 bits per heavy atom. The predicted octanol–water partition coefficient (Wildman–Crippen LogP) is 3.24. The molecule has 0 aliphatic rings. The van der Waals surface area contributed by atoms with Gasteiger partial charge in [0.2, 0.25) is 0 Å². The van der Waals surface area contributed by atoms with Crippen LogP contribution in [-0.2, 0) is 17.3 Å². The van der Waals surface area contributed by atoms with Gasteiger partial charge in [-0.05, 0) is 0 Å². The van der Waals surface area contributed by atoms with Crippen LogP contribution in [0.25, 0.3) is 0 Å². The summed E-state index contributed by atoms with van der Waals surface area (Å²) in [5.41, 5.74) is 0. The number of rotatable bonds is 4. The maximum atomic E-state index is 5.14. The van der Waals surface area contributed by atoms with Gasteiger partial charge < -0.3 is 6.58 Å². The molecule has 0 fully saturated rings. The van der Waals surface area contributed by atoms with Gasteiger partial charge in [-0.3, -0.25) is 6.08 Å². The number of halogens is 1. The van der Waals surface area contributed by atoms with E-state index in [1.807, 2.05) is 0 Å². The van der Waals surface area contributed by atoms with Crippen LogP contribution in [0.4, 0.5) is 0 Å². The SMILES string of the molecule is [CH-]=CCCCCC.[Cl][Zn+]. The monoisotopic (exact) mass is 196 g/mol. The van der Waals surface area contributed by atoms with Crippen LogP contribution in [0.5, 0.6) is 0 Å². The zero-order chi connectivity index (χ0) is 7.54. The van der Waals surface area contributed by atoms with E-state index in [1.54, 1.807) is 6.08 Å². The van der Waals surface area contributed by atoms with Gasteiger partial charge in [-0.2, -0.15) is 0 Å². The molecule has 9 heavy (non-hydrogen) atoms. The van der Waals surface area contributed by atoms with Gasteiger partial charge in [0, 0.05) is 0 Å². The Kier molecular flexibility index (Phi) is 21.7. The van der Waals surface area contributed by atoms with Gasteiger partial charge in [-0.25, -0.2) is 0 Å². The summed E-state index contributed by atoms with van der Waals surface area (Å²) in [4.78, 5) is 0. The van der Waals surface area contributed by atoms with E-state index >= 15 is 0 Å². The van der Waals surface area contributed by atoms with Crippen molar-refractivity contribution in [3.8, 4) is 0 Å². The number of allylic oxidation sites excluding steroid dienone is 1. The normalized spacial score (nSPS) is 7.56. The van der Waals surface area contributed by atoms with Crippen molar-refractivity contribution >= 4 is 9.69 Å². The Labute approximate surface area is 72.4 Å². The molecule has 0 aliphatic carbocycles. The Morgan fingerprint density at radius 2 is 2.00 bits per heavy atom. The number of hydrogen-bond acceptors (Lipinski definition) is 0. The van der Waals surface area contributed by atoms with Gasteiger partial charge in [-0.1, -0.05) is 32.6 Å². The molecule has 0 heterocycles. The summed E-state index contributed by atoms with van der Waals surface area (Å²) in [6.07, 6.45) is 6.66. The van der Waals surface area contributed by atoms with Crippen molar-refractivity contribution in [1.29, 1.82) is 0 Å². The van der Waals surface area contributed by atoms with Gasteiger partial charge in [0.05, 0.1) is 0 Å². The molecule has 2 heteroatoms. The van der Waals surface area contributed by atoms with Crippen LogP contribution in [0.15, 0.2) is 6.08 Å². The first-order valence-electron chi connectivity index (χ1n) is 3.22. The average molecular weight is 198 g/mol. The van der Waals surface area contributed by atoms with Crippen molar-refractivity contribution in [2.75, 3.05) is 0 Å². The molecule has 0 aromatic heterocycles. The van der Waals surface area contributed by atoms with E-state index in [4.69, 9.17) is 16.3 Å². The summed E-state index contributed by atoms with van der Waals surface area (Å²) in [6.45, 7) is 7.34. The molecular weight excluding hydrogens is 185 g/mol. The molecule has 0 nitrogen and oxygen atoms in total. The first kappa shape index (κ1) is 12.3. The van der Waals surface area contributed by atoms with Gasteiger partial charge in [-0.15, -0.1) is 0 Å². The van der Waals surface area contributed by atoms with Crippen LogP contribution in [0.2, 0.25) is 0 Å². The molecule has 0 rings (SSSR count). The first-order valence-corrected chi connectivity index (χ1v) is 7.11. The van der Waals surface area contributed by atoms with E-state index in [9.17, 15) is 0 Å². The van der Waals surface area contributed by atoms with Crippen LogP contribution in [0, 0.1) is 6.58 Å². The predicted molar refractivity (Wildman–Crippen MR) is 38.9 cm³/mol. The van der Waals surface area contributed by atoms with Gasteiger partial charge >= 0.3 is 27.0 Å². The summed E-state index contributed by atoms with van der Waals surface area (Å²) in [7, 11) is 4.76. The van der Waals surface area contributed by atoms with Crippen molar-refractivity contribution in [2.24, 2.45) is 0 Å². The van der Waals surface area contributed by atoms with Gasteiger partial charge in [0.25, 0.3) is 0 Å². The molecule has 0 amide bonds.